The molecule has 2 aromatic rings. The number of hydrogen-bond acceptors (Lipinski definition) is 2. The molecule has 0 saturated heterocycles. The highest BCUT2D eigenvalue weighted by molar-refractivity contribution is 5.65. The Labute approximate surface area is 108 Å². The lowest BCUT2D eigenvalue weighted by molar-refractivity contribution is 0.134. The van der Waals surface area contributed by atoms with Gasteiger partial charge < -0.3 is 10.1 Å². The van der Waals surface area contributed by atoms with Crippen molar-refractivity contribution in [3.05, 3.63) is 59.2 Å². The number of fused-ring (bicyclic) bond motifs is 1. The van der Waals surface area contributed by atoms with Crippen LogP contribution in [-0.2, 0) is 24.5 Å². The maximum absolute atomic E-state index is 5.45. The number of hydrogen-bond donors (Lipinski definition) is 1. The summed E-state index contributed by atoms with van der Waals surface area (Å²) in [5, 5.41) is 3.16. The van der Waals surface area contributed by atoms with Crippen LogP contribution >= 0.6 is 0 Å². The minimum atomic E-state index is 0.751. The molecule has 2 nitrogen and oxygen atoms in total. The molecule has 0 aromatic heterocycles. The summed E-state index contributed by atoms with van der Waals surface area (Å²) in [5.41, 5.74) is 6.50. The molecule has 2 aromatic carbocycles. The van der Waals surface area contributed by atoms with Crippen LogP contribution in [0.5, 0.6) is 0 Å². The third-order valence-electron chi connectivity index (χ3n) is 3.39. The minimum Gasteiger partial charge on any atom is -0.372 e. The Morgan fingerprint density at radius 2 is 1.67 bits per heavy atom. The molecule has 1 heterocycles. The molecule has 0 spiro atoms. The van der Waals surface area contributed by atoms with Crippen molar-refractivity contribution in [3.8, 4) is 11.1 Å². The summed E-state index contributed by atoms with van der Waals surface area (Å²) in [5.74, 6) is 0. The molecular weight excluding hydrogens is 222 g/mol. The van der Waals surface area contributed by atoms with E-state index >= 15 is 0 Å². The Balaban J connectivity index is 1.90. The number of ether oxygens (including phenoxy) is 1. The predicted molar refractivity (Wildman–Crippen MR) is 73.1 cm³/mol. The van der Waals surface area contributed by atoms with Gasteiger partial charge >= 0.3 is 0 Å². The number of rotatable bonds is 3. The molecule has 1 aliphatic rings. The fourth-order valence-corrected chi connectivity index (χ4v) is 2.37. The lowest BCUT2D eigenvalue weighted by Crippen LogP contribution is -2.04. The molecule has 0 aliphatic carbocycles. The summed E-state index contributed by atoms with van der Waals surface area (Å²) in [6.45, 7) is 2.43. The van der Waals surface area contributed by atoms with Crippen LogP contribution < -0.4 is 5.32 Å². The van der Waals surface area contributed by atoms with Gasteiger partial charge in [-0.3, -0.25) is 0 Å². The molecule has 0 fully saturated rings. The van der Waals surface area contributed by atoms with Gasteiger partial charge in [-0.15, -0.1) is 0 Å². The first-order valence-electron chi connectivity index (χ1n) is 6.30. The van der Waals surface area contributed by atoms with Crippen molar-refractivity contribution >= 4 is 0 Å². The topological polar surface area (TPSA) is 21.3 Å². The van der Waals surface area contributed by atoms with Gasteiger partial charge in [-0.25, -0.2) is 0 Å². The smallest absolute Gasteiger partial charge is 0.0725 e. The van der Waals surface area contributed by atoms with Crippen molar-refractivity contribution in [1.29, 1.82) is 0 Å². The molecule has 0 saturated carbocycles. The van der Waals surface area contributed by atoms with Crippen molar-refractivity contribution in [2.45, 2.75) is 19.8 Å². The zero-order valence-corrected chi connectivity index (χ0v) is 10.6. The van der Waals surface area contributed by atoms with E-state index in [0.29, 0.717) is 0 Å². The van der Waals surface area contributed by atoms with Gasteiger partial charge in [-0.2, -0.15) is 0 Å². The van der Waals surface area contributed by atoms with Crippen LogP contribution in [0.1, 0.15) is 16.7 Å². The van der Waals surface area contributed by atoms with Crippen molar-refractivity contribution in [2.24, 2.45) is 0 Å². The molecule has 3 rings (SSSR count). The molecular formula is C16H17NO. The van der Waals surface area contributed by atoms with Crippen LogP contribution in [0, 0.1) is 0 Å². The van der Waals surface area contributed by atoms with E-state index in [0.717, 1.165) is 19.8 Å². The van der Waals surface area contributed by atoms with Crippen LogP contribution in [0.15, 0.2) is 42.5 Å². The molecule has 1 N–H and O–H groups in total. The third kappa shape index (κ3) is 2.17. The van der Waals surface area contributed by atoms with Crippen LogP contribution in [-0.4, -0.2) is 7.05 Å². The van der Waals surface area contributed by atoms with Gasteiger partial charge in [0.1, 0.15) is 0 Å². The SMILES string of the molecule is CNCc1ccc(-c2ccc3c(c2)COC3)cc1. The van der Waals surface area contributed by atoms with Gasteiger partial charge in [0.25, 0.3) is 0 Å². The third-order valence-corrected chi connectivity index (χ3v) is 3.39. The summed E-state index contributed by atoms with van der Waals surface area (Å²) in [6, 6.07) is 15.3. The van der Waals surface area contributed by atoms with Gasteiger partial charge in [0, 0.05) is 6.54 Å². The Hall–Kier alpha value is -1.64. The summed E-state index contributed by atoms with van der Waals surface area (Å²) in [4.78, 5) is 0. The zero-order chi connectivity index (χ0) is 12.4. The zero-order valence-electron chi connectivity index (χ0n) is 10.6. The van der Waals surface area contributed by atoms with Crippen molar-refractivity contribution < 1.29 is 4.74 Å². The monoisotopic (exact) mass is 239 g/mol. The first-order valence-corrected chi connectivity index (χ1v) is 6.30. The second kappa shape index (κ2) is 4.92. The Kier molecular flexibility index (Phi) is 3.13. The standard InChI is InChI=1S/C16H17NO/c1-17-9-12-2-4-13(5-3-12)14-6-7-15-10-18-11-16(15)8-14/h2-8,17H,9-11H2,1H3. The molecule has 92 valence electrons. The van der Waals surface area contributed by atoms with Crippen molar-refractivity contribution in [1.82, 2.24) is 5.32 Å². The predicted octanol–water partition coefficient (Wildman–Crippen LogP) is 3.10. The van der Waals surface area contributed by atoms with Gasteiger partial charge in [-0.1, -0.05) is 36.4 Å². The Morgan fingerprint density at radius 1 is 0.944 bits per heavy atom. The fourth-order valence-electron chi connectivity index (χ4n) is 2.37. The molecule has 1 aliphatic heterocycles. The van der Waals surface area contributed by atoms with Gasteiger partial charge in [0.05, 0.1) is 13.2 Å². The highest BCUT2D eigenvalue weighted by Crippen LogP contribution is 2.27. The van der Waals surface area contributed by atoms with E-state index in [-0.39, 0.29) is 0 Å². The van der Waals surface area contributed by atoms with E-state index < -0.39 is 0 Å². The van der Waals surface area contributed by atoms with Crippen LogP contribution in [0.4, 0.5) is 0 Å². The molecule has 0 amide bonds. The Morgan fingerprint density at radius 3 is 2.44 bits per heavy atom. The number of benzene rings is 2. The fraction of sp³-hybridized carbons (Fsp3) is 0.250. The largest absolute Gasteiger partial charge is 0.372 e. The quantitative estimate of drug-likeness (QED) is 0.888. The summed E-state index contributed by atoms with van der Waals surface area (Å²) in [6.07, 6.45) is 0. The Bertz CT molecular complexity index is 546. The molecule has 0 bridgehead atoms. The lowest BCUT2D eigenvalue weighted by Gasteiger charge is -2.06. The average molecular weight is 239 g/mol. The van der Waals surface area contributed by atoms with Crippen LogP contribution in [0.2, 0.25) is 0 Å². The van der Waals surface area contributed by atoms with E-state index in [2.05, 4.69) is 47.8 Å². The van der Waals surface area contributed by atoms with E-state index in [1.54, 1.807) is 0 Å². The highest BCUT2D eigenvalue weighted by Gasteiger charge is 2.11. The van der Waals surface area contributed by atoms with E-state index in [1.807, 2.05) is 7.05 Å². The van der Waals surface area contributed by atoms with Crippen molar-refractivity contribution in [2.75, 3.05) is 7.05 Å². The summed E-state index contributed by atoms with van der Waals surface area (Å²) < 4.78 is 5.45. The van der Waals surface area contributed by atoms with Gasteiger partial charge in [-0.05, 0) is 40.9 Å². The molecule has 18 heavy (non-hydrogen) atoms. The maximum atomic E-state index is 5.45. The summed E-state index contributed by atoms with van der Waals surface area (Å²) in [7, 11) is 1.97. The van der Waals surface area contributed by atoms with Gasteiger partial charge in [0.2, 0.25) is 0 Å². The molecule has 0 atom stereocenters. The second-order valence-electron chi connectivity index (χ2n) is 4.70. The first kappa shape index (κ1) is 11.5. The molecule has 2 heteroatoms. The lowest BCUT2D eigenvalue weighted by atomic mass is 10.00. The number of nitrogens with one attached hydrogen (secondary N) is 1. The second-order valence-corrected chi connectivity index (χ2v) is 4.70. The van der Waals surface area contributed by atoms with Gasteiger partial charge in [0.15, 0.2) is 0 Å². The average Bonchev–Trinajstić information content (AvgIpc) is 2.87. The normalized spacial score (nSPS) is 13.6. The molecule has 0 radical (unpaired) electrons. The summed E-state index contributed by atoms with van der Waals surface area (Å²) >= 11 is 0. The highest BCUT2D eigenvalue weighted by atomic mass is 16.5. The van der Waals surface area contributed by atoms with Crippen LogP contribution in [0.3, 0.4) is 0 Å². The van der Waals surface area contributed by atoms with Crippen LogP contribution in [0.25, 0.3) is 11.1 Å². The van der Waals surface area contributed by atoms with E-state index in [4.69, 9.17) is 4.74 Å². The maximum Gasteiger partial charge on any atom is 0.0725 e. The van der Waals surface area contributed by atoms with E-state index in [9.17, 15) is 0 Å². The minimum absolute atomic E-state index is 0.751. The van der Waals surface area contributed by atoms with Crippen molar-refractivity contribution in [3.63, 3.8) is 0 Å². The first-order chi connectivity index (χ1) is 8.86. The van der Waals surface area contributed by atoms with E-state index in [1.165, 1.54) is 27.8 Å². The molecule has 0 unspecified atom stereocenters.